The van der Waals surface area contributed by atoms with Crippen molar-refractivity contribution in [3.63, 3.8) is 0 Å². The average molecular weight is 438 g/mol. The molecule has 32 heavy (non-hydrogen) atoms. The first kappa shape index (κ1) is 21.5. The van der Waals surface area contributed by atoms with Crippen LogP contribution in [0.3, 0.4) is 0 Å². The normalized spacial score (nSPS) is 11.3. The highest BCUT2D eigenvalue weighted by atomic mass is 19.1. The number of rotatable bonds is 7. The maximum Gasteiger partial charge on any atom is 0.251 e. The van der Waals surface area contributed by atoms with E-state index in [9.17, 15) is 13.6 Å². The number of hydrogen-bond acceptors (Lipinski definition) is 5. The fourth-order valence-electron chi connectivity index (χ4n) is 3.83. The Kier molecular flexibility index (Phi) is 5.89. The summed E-state index contributed by atoms with van der Waals surface area (Å²) in [6.45, 7) is 3.09. The molecule has 0 atom stereocenters. The second-order valence-electron chi connectivity index (χ2n) is 7.56. The Bertz CT molecular complexity index is 1290. The second kappa shape index (κ2) is 8.78. The number of imidazole rings is 1. The molecule has 2 aromatic carbocycles. The first-order chi connectivity index (χ1) is 15.4. The zero-order valence-corrected chi connectivity index (χ0v) is 17.7. The van der Waals surface area contributed by atoms with Gasteiger partial charge in [-0.2, -0.15) is 0 Å². The number of nitrogens with two attached hydrogens (primary N) is 2. The van der Waals surface area contributed by atoms with Crippen LogP contribution in [0.15, 0.2) is 36.4 Å². The zero-order chi connectivity index (χ0) is 22.8. The van der Waals surface area contributed by atoms with Gasteiger partial charge in [0.15, 0.2) is 5.82 Å². The number of nitrogens with zero attached hydrogens (tertiary/aromatic N) is 3. The molecule has 0 aliphatic heterocycles. The Labute approximate surface area is 183 Å². The number of unbranched alkanes of at least 4 members (excludes halogenated alkanes) is 1. The van der Waals surface area contributed by atoms with Gasteiger partial charge >= 0.3 is 0 Å². The highest BCUT2D eigenvalue weighted by Crippen LogP contribution is 2.29. The minimum atomic E-state index is -0.949. The molecule has 2 aromatic heterocycles. The predicted molar refractivity (Wildman–Crippen MR) is 121 cm³/mol. The molecule has 0 bridgehead atoms. The molecule has 0 fully saturated rings. The van der Waals surface area contributed by atoms with Gasteiger partial charge in [-0.25, -0.2) is 18.7 Å². The minimum absolute atomic E-state index is 0.0995. The van der Waals surface area contributed by atoms with E-state index in [1.165, 1.54) is 0 Å². The van der Waals surface area contributed by atoms with Crippen LogP contribution in [0.5, 0.6) is 0 Å². The molecular formula is C23H24F2N6O. The SMILES string of the molecule is CCc1nc2c(N)nc3ccccc3c2n1CCCCNC(=O)c1cc(F)c(N)c(F)c1. The summed E-state index contributed by atoms with van der Waals surface area (Å²) in [5.41, 5.74) is 13.2. The lowest BCUT2D eigenvalue weighted by molar-refractivity contribution is 0.0952. The number of hydrogen-bond donors (Lipinski definition) is 3. The Morgan fingerprint density at radius 3 is 2.53 bits per heavy atom. The molecule has 0 spiro atoms. The van der Waals surface area contributed by atoms with Gasteiger partial charge in [-0.1, -0.05) is 25.1 Å². The highest BCUT2D eigenvalue weighted by molar-refractivity contribution is 6.06. The van der Waals surface area contributed by atoms with Crippen molar-refractivity contribution in [1.82, 2.24) is 19.9 Å². The minimum Gasteiger partial charge on any atom is -0.394 e. The van der Waals surface area contributed by atoms with Crippen molar-refractivity contribution < 1.29 is 13.6 Å². The molecule has 0 saturated heterocycles. The lowest BCUT2D eigenvalue weighted by atomic mass is 10.1. The number of carbonyl (C=O) groups excluding carboxylic acids is 1. The van der Waals surface area contributed by atoms with Gasteiger partial charge in [0.1, 0.15) is 28.7 Å². The van der Waals surface area contributed by atoms with E-state index >= 15 is 0 Å². The molecule has 0 saturated carbocycles. The molecule has 5 N–H and O–H groups in total. The van der Waals surface area contributed by atoms with Crippen LogP contribution < -0.4 is 16.8 Å². The Morgan fingerprint density at radius 2 is 1.81 bits per heavy atom. The summed E-state index contributed by atoms with van der Waals surface area (Å²) >= 11 is 0. The molecule has 166 valence electrons. The third-order valence-corrected chi connectivity index (χ3v) is 5.44. The van der Waals surface area contributed by atoms with Crippen LogP contribution in [0, 0.1) is 11.6 Å². The van der Waals surface area contributed by atoms with Gasteiger partial charge in [0, 0.05) is 30.5 Å². The highest BCUT2D eigenvalue weighted by Gasteiger charge is 2.16. The van der Waals surface area contributed by atoms with E-state index in [0.717, 1.165) is 47.2 Å². The lowest BCUT2D eigenvalue weighted by Gasteiger charge is -2.11. The maximum absolute atomic E-state index is 13.6. The number of amides is 1. The summed E-state index contributed by atoms with van der Waals surface area (Å²) in [4.78, 5) is 21.3. The van der Waals surface area contributed by atoms with E-state index in [4.69, 9.17) is 16.5 Å². The van der Waals surface area contributed by atoms with Crippen LogP contribution in [-0.4, -0.2) is 27.0 Å². The van der Waals surface area contributed by atoms with E-state index in [-0.39, 0.29) is 5.56 Å². The average Bonchev–Trinajstić information content (AvgIpc) is 3.16. The standard InChI is InChI=1S/C23H24F2N6O/c1-2-18-30-20-21(14-7-3-4-8-17(14)29-22(20)27)31(18)10-6-5-9-28-23(32)13-11-15(24)19(26)16(25)12-13/h3-4,7-8,11-12H,2,5-6,9-10,26H2,1H3,(H2,27,29)(H,28,32). The lowest BCUT2D eigenvalue weighted by Crippen LogP contribution is -2.25. The van der Waals surface area contributed by atoms with E-state index in [1.807, 2.05) is 31.2 Å². The van der Waals surface area contributed by atoms with E-state index < -0.39 is 23.2 Å². The summed E-state index contributed by atoms with van der Waals surface area (Å²) in [5, 5.41) is 3.68. The number of pyridine rings is 1. The van der Waals surface area contributed by atoms with Gasteiger partial charge in [-0.15, -0.1) is 0 Å². The van der Waals surface area contributed by atoms with Crippen molar-refractivity contribution in [3.8, 4) is 0 Å². The Hall–Kier alpha value is -3.75. The molecule has 0 radical (unpaired) electrons. The monoisotopic (exact) mass is 438 g/mol. The van der Waals surface area contributed by atoms with Crippen LogP contribution in [0.2, 0.25) is 0 Å². The van der Waals surface area contributed by atoms with Crippen LogP contribution in [0.1, 0.15) is 35.9 Å². The number of aromatic nitrogens is 3. The van der Waals surface area contributed by atoms with Crippen LogP contribution in [0.25, 0.3) is 21.9 Å². The molecular weight excluding hydrogens is 414 g/mol. The van der Waals surface area contributed by atoms with E-state index in [2.05, 4.69) is 14.9 Å². The first-order valence-corrected chi connectivity index (χ1v) is 10.5. The van der Waals surface area contributed by atoms with Crippen molar-refractivity contribution in [3.05, 3.63) is 59.4 Å². The van der Waals surface area contributed by atoms with Crippen LogP contribution in [-0.2, 0) is 13.0 Å². The van der Waals surface area contributed by atoms with Gasteiger partial charge in [-0.05, 0) is 31.0 Å². The number of fused-ring (bicyclic) bond motifs is 3. The van der Waals surface area contributed by atoms with Gasteiger partial charge < -0.3 is 21.4 Å². The smallest absolute Gasteiger partial charge is 0.251 e. The second-order valence-corrected chi connectivity index (χ2v) is 7.56. The summed E-state index contributed by atoms with van der Waals surface area (Å²) in [6.07, 6.45) is 2.18. The van der Waals surface area contributed by atoms with Crippen molar-refractivity contribution in [2.24, 2.45) is 0 Å². The molecule has 0 aliphatic rings. The number of carbonyl (C=O) groups is 1. The molecule has 9 heteroatoms. The molecule has 0 aliphatic carbocycles. The van der Waals surface area contributed by atoms with Gasteiger partial charge in [-0.3, -0.25) is 4.79 Å². The summed E-state index contributed by atoms with van der Waals surface area (Å²) < 4.78 is 29.3. The number of aryl methyl sites for hydroxylation is 2. The van der Waals surface area contributed by atoms with Crippen molar-refractivity contribution in [1.29, 1.82) is 0 Å². The molecule has 4 rings (SSSR count). The number of anilines is 2. The largest absolute Gasteiger partial charge is 0.394 e. The van der Waals surface area contributed by atoms with Crippen molar-refractivity contribution >= 4 is 39.3 Å². The molecule has 1 amide bonds. The molecule has 4 aromatic rings. The number of nitrogen functional groups attached to an aromatic ring is 2. The predicted octanol–water partition coefficient (Wildman–Crippen LogP) is 3.80. The Balaban J connectivity index is 1.45. The number of para-hydroxylation sites is 1. The quantitative estimate of drug-likeness (QED) is 0.300. The molecule has 2 heterocycles. The van der Waals surface area contributed by atoms with Gasteiger partial charge in [0.05, 0.1) is 11.0 Å². The van der Waals surface area contributed by atoms with Gasteiger partial charge in [0.25, 0.3) is 5.91 Å². The summed E-state index contributed by atoms with van der Waals surface area (Å²) in [6, 6.07) is 9.68. The number of nitrogens with one attached hydrogen (secondary N) is 1. The van der Waals surface area contributed by atoms with E-state index in [0.29, 0.717) is 30.8 Å². The van der Waals surface area contributed by atoms with Crippen LogP contribution in [0.4, 0.5) is 20.3 Å². The van der Waals surface area contributed by atoms with Crippen molar-refractivity contribution in [2.45, 2.75) is 32.7 Å². The number of halogens is 2. The maximum atomic E-state index is 13.6. The zero-order valence-electron chi connectivity index (χ0n) is 17.7. The summed E-state index contributed by atoms with van der Waals surface area (Å²) in [5.74, 6) is -1.12. The third-order valence-electron chi connectivity index (χ3n) is 5.44. The fourth-order valence-corrected chi connectivity index (χ4v) is 3.83. The Morgan fingerprint density at radius 1 is 1.09 bits per heavy atom. The molecule has 7 nitrogen and oxygen atoms in total. The van der Waals surface area contributed by atoms with E-state index in [1.54, 1.807) is 0 Å². The van der Waals surface area contributed by atoms with Crippen LogP contribution >= 0.6 is 0 Å². The third kappa shape index (κ3) is 3.93. The molecule has 0 unspecified atom stereocenters. The van der Waals surface area contributed by atoms with Crippen molar-refractivity contribution in [2.75, 3.05) is 18.0 Å². The topological polar surface area (TPSA) is 112 Å². The van der Waals surface area contributed by atoms with Gasteiger partial charge in [0.2, 0.25) is 0 Å². The summed E-state index contributed by atoms with van der Waals surface area (Å²) in [7, 11) is 0. The fraction of sp³-hybridized carbons (Fsp3) is 0.261. The number of benzene rings is 2. The first-order valence-electron chi connectivity index (χ1n) is 10.5.